The van der Waals surface area contributed by atoms with Gasteiger partial charge in [-0.3, -0.25) is 15.0 Å². The number of nitrogens with zero attached hydrogens (tertiary/aromatic N) is 3. The Morgan fingerprint density at radius 1 is 0.538 bits per heavy atom. The summed E-state index contributed by atoms with van der Waals surface area (Å²) in [5, 5.41) is 2.49. The van der Waals surface area contributed by atoms with Gasteiger partial charge in [-0.05, 0) is 66.2 Å². The molecule has 39 heavy (non-hydrogen) atoms. The number of pyridine rings is 3. The van der Waals surface area contributed by atoms with Crippen molar-refractivity contribution in [2.75, 3.05) is 0 Å². The van der Waals surface area contributed by atoms with E-state index in [1.54, 1.807) is 24.7 Å². The lowest BCUT2D eigenvalue weighted by molar-refractivity contribution is 0.626. The maximum Gasteiger partial charge on any atom is 0.161 e. The van der Waals surface area contributed by atoms with Gasteiger partial charge in [-0.15, -0.1) is 0 Å². The van der Waals surface area contributed by atoms with Crippen LogP contribution in [0.15, 0.2) is 118 Å². The van der Waals surface area contributed by atoms with E-state index in [2.05, 4.69) is 21.0 Å². The minimum atomic E-state index is -0.302. The van der Waals surface area contributed by atoms with E-state index < -0.39 is 0 Å². The molecule has 0 saturated heterocycles. The third-order valence-corrected chi connectivity index (χ3v) is 7.12. The van der Waals surface area contributed by atoms with Crippen LogP contribution in [0.4, 0.5) is 4.39 Å². The Morgan fingerprint density at radius 3 is 2.36 bits per heavy atom. The second-order valence-electron chi connectivity index (χ2n) is 9.40. The van der Waals surface area contributed by atoms with Gasteiger partial charge in [0.15, 0.2) is 11.2 Å². The summed E-state index contributed by atoms with van der Waals surface area (Å²) in [6.45, 7) is 0. The fraction of sp³-hybridized carbons (Fsp3) is 0. The van der Waals surface area contributed by atoms with Crippen LogP contribution in [0.5, 0.6) is 0 Å². The Bertz CT molecular complexity index is 2200. The van der Waals surface area contributed by atoms with E-state index in [0.29, 0.717) is 22.4 Å². The molecule has 184 valence electrons. The maximum absolute atomic E-state index is 14.0. The maximum atomic E-state index is 14.0. The van der Waals surface area contributed by atoms with Crippen LogP contribution in [0.1, 0.15) is 0 Å². The first-order chi connectivity index (χ1) is 19.2. The van der Waals surface area contributed by atoms with Crippen LogP contribution in [0.25, 0.3) is 77.6 Å². The number of hydrogen-bond donors (Lipinski definition) is 0. The number of hydrogen-bond acceptors (Lipinski definition) is 5. The standard InChI is InChI=1S/C33H18FN3O2/c34-21-10-11-28-26(18-21)23-13-16-36-29(33(23)38-28)20-6-3-5-19(17-20)22-12-15-37-30-25-8-4-7-24(31(25)39-32(22)30)27-9-1-2-14-35-27/h1-18H. The average molecular weight is 508 g/mol. The fourth-order valence-electron chi connectivity index (χ4n) is 5.34. The highest BCUT2D eigenvalue weighted by atomic mass is 19.1. The Labute approximate surface area is 221 Å². The van der Waals surface area contributed by atoms with Gasteiger partial charge in [0, 0.05) is 51.4 Å². The van der Waals surface area contributed by atoms with Gasteiger partial charge in [-0.1, -0.05) is 30.3 Å². The molecule has 5 heterocycles. The molecular weight excluding hydrogens is 489 g/mol. The summed E-state index contributed by atoms with van der Waals surface area (Å²) in [6.07, 6.45) is 5.31. The predicted octanol–water partition coefficient (Wildman–Crippen LogP) is 8.81. The van der Waals surface area contributed by atoms with Crippen molar-refractivity contribution in [3.63, 3.8) is 0 Å². The largest absolute Gasteiger partial charge is 0.454 e. The molecule has 5 aromatic heterocycles. The second kappa shape index (κ2) is 8.33. The zero-order valence-corrected chi connectivity index (χ0v) is 20.4. The molecule has 6 heteroatoms. The van der Waals surface area contributed by atoms with Gasteiger partial charge in [-0.25, -0.2) is 4.39 Å². The monoisotopic (exact) mass is 507 g/mol. The third-order valence-electron chi connectivity index (χ3n) is 7.12. The Balaban J connectivity index is 1.32. The predicted molar refractivity (Wildman–Crippen MR) is 151 cm³/mol. The van der Waals surface area contributed by atoms with Gasteiger partial charge in [0.05, 0.1) is 5.69 Å². The van der Waals surface area contributed by atoms with E-state index in [-0.39, 0.29) is 5.82 Å². The molecule has 0 saturated carbocycles. The van der Waals surface area contributed by atoms with Crippen molar-refractivity contribution in [1.29, 1.82) is 0 Å². The third kappa shape index (κ3) is 3.35. The summed E-state index contributed by atoms with van der Waals surface area (Å²) >= 11 is 0. The van der Waals surface area contributed by atoms with Crippen molar-refractivity contribution >= 4 is 44.0 Å². The molecule has 0 aliphatic heterocycles. The molecule has 8 aromatic rings. The van der Waals surface area contributed by atoms with Gasteiger partial charge in [0.1, 0.15) is 28.2 Å². The van der Waals surface area contributed by atoms with E-state index in [1.165, 1.54) is 12.1 Å². The van der Waals surface area contributed by atoms with E-state index in [9.17, 15) is 4.39 Å². The smallest absolute Gasteiger partial charge is 0.161 e. The quantitative estimate of drug-likeness (QED) is 0.239. The van der Waals surface area contributed by atoms with Crippen LogP contribution in [0, 0.1) is 5.82 Å². The van der Waals surface area contributed by atoms with Crippen LogP contribution in [-0.4, -0.2) is 15.0 Å². The number of fused-ring (bicyclic) bond motifs is 6. The van der Waals surface area contributed by atoms with Crippen LogP contribution < -0.4 is 0 Å². The summed E-state index contributed by atoms with van der Waals surface area (Å²) in [6, 6.07) is 28.3. The summed E-state index contributed by atoms with van der Waals surface area (Å²) in [4.78, 5) is 13.8. The SMILES string of the molecule is Fc1ccc2oc3c(-c4cccc(-c5ccnc6c5oc5c(-c7ccccn7)cccc56)c4)nccc3c2c1. The van der Waals surface area contributed by atoms with Crippen molar-refractivity contribution < 1.29 is 13.2 Å². The van der Waals surface area contributed by atoms with Crippen molar-refractivity contribution in [2.45, 2.75) is 0 Å². The second-order valence-corrected chi connectivity index (χ2v) is 9.40. The lowest BCUT2D eigenvalue weighted by atomic mass is 10.0. The Kier molecular flexibility index (Phi) is 4.63. The number of aromatic nitrogens is 3. The zero-order chi connectivity index (χ0) is 25.9. The highest BCUT2D eigenvalue weighted by Crippen LogP contribution is 2.40. The molecule has 0 bridgehead atoms. The average Bonchev–Trinajstić information content (AvgIpc) is 3.56. The number of benzene rings is 3. The first-order valence-corrected chi connectivity index (χ1v) is 12.5. The minimum absolute atomic E-state index is 0.302. The molecule has 0 fully saturated rings. The molecular formula is C33H18FN3O2. The van der Waals surface area contributed by atoms with Gasteiger partial charge >= 0.3 is 0 Å². The summed E-state index contributed by atoms with van der Waals surface area (Å²) in [5.74, 6) is -0.302. The normalized spacial score (nSPS) is 11.7. The number of para-hydroxylation sites is 1. The van der Waals surface area contributed by atoms with Gasteiger partial charge < -0.3 is 8.83 Å². The number of furan rings is 2. The molecule has 8 rings (SSSR count). The Hall–Kier alpha value is -5.36. The fourth-order valence-corrected chi connectivity index (χ4v) is 5.34. The first-order valence-electron chi connectivity index (χ1n) is 12.5. The van der Waals surface area contributed by atoms with Gasteiger partial charge in [0.25, 0.3) is 0 Å². The molecule has 0 aliphatic rings. The van der Waals surface area contributed by atoms with Crippen LogP contribution in [0.2, 0.25) is 0 Å². The summed E-state index contributed by atoms with van der Waals surface area (Å²) < 4.78 is 26.6. The minimum Gasteiger partial charge on any atom is -0.454 e. The summed E-state index contributed by atoms with van der Waals surface area (Å²) in [5.41, 5.74) is 8.72. The zero-order valence-electron chi connectivity index (χ0n) is 20.4. The molecule has 0 aliphatic carbocycles. The van der Waals surface area contributed by atoms with E-state index in [4.69, 9.17) is 8.83 Å². The molecule has 0 amide bonds. The molecule has 0 N–H and O–H groups in total. The van der Waals surface area contributed by atoms with Crippen molar-refractivity contribution in [1.82, 2.24) is 15.0 Å². The van der Waals surface area contributed by atoms with Crippen LogP contribution in [-0.2, 0) is 0 Å². The highest BCUT2D eigenvalue weighted by molar-refractivity contribution is 6.11. The molecule has 3 aromatic carbocycles. The first kappa shape index (κ1) is 21.7. The van der Waals surface area contributed by atoms with Gasteiger partial charge in [0.2, 0.25) is 0 Å². The van der Waals surface area contributed by atoms with Crippen molar-refractivity contribution in [2.24, 2.45) is 0 Å². The molecule has 5 nitrogen and oxygen atoms in total. The van der Waals surface area contributed by atoms with E-state index >= 15 is 0 Å². The topological polar surface area (TPSA) is 65.0 Å². The lowest BCUT2D eigenvalue weighted by Crippen LogP contribution is -1.86. The summed E-state index contributed by atoms with van der Waals surface area (Å²) in [7, 11) is 0. The van der Waals surface area contributed by atoms with Crippen molar-refractivity contribution in [3.05, 3.63) is 115 Å². The van der Waals surface area contributed by atoms with Crippen LogP contribution >= 0.6 is 0 Å². The molecule has 0 unspecified atom stereocenters. The van der Waals surface area contributed by atoms with E-state index in [0.717, 1.165) is 55.2 Å². The molecule has 0 spiro atoms. The van der Waals surface area contributed by atoms with Gasteiger partial charge in [-0.2, -0.15) is 0 Å². The number of rotatable bonds is 3. The number of halogens is 1. The highest BCUT2D eigenvalue weighted by Gasteiger charge is 2.18. The molecule has 0 radical (unpaired) electrons. The Morgan fingerprint density at radius 2 is 1.44 bits per heavy atom. The van der Waals surface area contributed by atoms with Crippen LogP contribution in [0.3, 0.4) is 0 Å². The van der Waals surface area contributed by atoms with Crippen molar-refractivity contribution in [3.8, 4) is 33.6 Å². The lowest BCUT2D eigenvalue weighted by Gasteiger charge is -2.06. The molecule has 0 atom stereocenters. The van der Waals surface area contributed by atoms with E-state index in [1.807, 2.05) is 66.7 Å².